The van der Waals surface area contributed by atoms with Crippen molar-refractivity contribution < 1.29 is 9.90 Å². The van der Waals surface area contributed by atoms with E-state index in [-0.39, 0.29) is 12.0 Å². The first-order valence-electron chi connectivity index (χ1n) is 7.09. The minimum absolute atomic E-state index is 0.151. The molecule has 0 spiro atoms. The molecule has 0 saturated heterocycles. The van der Waals surface area contributed by atoms with Gasteiger partial charge in [-0.05, 0) is 31.5 Å². The van der Waals surface area contributed by atoms with Crippen LogP contribution < -0.4 is 0 Å². The van der Waals surface area contributed by atoms with E-state index in [2.05, 4.69) is 16.8 Å². The fourth-order valence-corrected chi connectivity index (χ4v) is 3.00. The molecule has 1 saturated carbocycles. The maximum Gasteiger partial charge on any atom is 0.308 e. The van der Waals surface area contributed by atoms with Crippen LogP contribution in [0.25, 0.3) is 0 Å². The second kappa shape index (κ2) is 6.66. The predicted molar refractivity (Wildman–Crippen MR) is 73.7 cm³/mol. The number of carboxylic acid groups (broad SMARTS) is 1. The van der Waals surface area contributed by atoms with E-state index in [0.29, 0.717) is 0 Å². The Balaban J connectivity index is 2.09. The number of carboxylic acids is 1. The Morgan fingerprint density at radius 1 is 1.42 bits per heavy atom. The van der Waals surface area contributed by atoms with Crippen molar-refractivity contribution in [3.05, 3.63) is 30.1 Å². The van der Waals surface area contributed by atoms with Crippen LogP contribution in [-0.2, 0) is 11.3 Å². The number of aromatic nitrogens is 1. The highest BCUT2D eigenvalue weighted by Crippen LogP contribution is 2.29. The summed E-state index contributed by atoms with van der Waals surface area (Å²) in [7, 11) is 0. The van der Waals surface area contributed by atoms with E-state index in [0.717, 1.165) is 44.5 Å². The molecular formula is C15H22N2O2. The van der Waals surface area contributed by atoms with Crippen LogP contribution in [0.1, 0.15) is 38.3 Å². The van der Waals surface area contributed by atoms with Crippen LogP contribution in [0.15, 0.2) is 24.4 Å². The number of hydrogen-bond acceptors (Lipinski definition) is 3. The highest BCUT2D eigenvalue weighted by molar-refractivity contribution is 5.71. The Labute approximate surface area is 114 Å². The van der Waals surface area contributed by atoms with Gasteiger partial charge in [-0.15, -0.1) is 0 Å². The van der Waals surface area contributed by atoms with Gasteiger partial charge in [0.15, 0.2) is 0 Å². The molecule has 2 unspecified atom stereocenters. The molecule has 104 valence electrons. The predicted octanol–water partition coefficient (Wildman–Crippen LogP) is 2.55. The third kappa shape index (κ3) is 3.53. The second-order valence-corrected chi connectivity index (χ2v) is 5.18. The summed E-state index contributed by atoms with van der Waals surface area (Å²) in [6.45, 7) is 3.70. The number of nitrogens with zero attached hydrogens (tertiary/aromatic N) is 2. The molecule has 19 heavy (non-hydrogen) atoms. The molecule has 0 radical (unpaired) electrons. The summed E-state index contributed by atoms with van der Waals surface area (Å²) in [5.74, 6) is -0.874. The van der Waals surface area contributed by atoms with Crippen molar-refractivity contribution in [3.63, 3.8) is 0 Å². The van der Waals surface area contributed by atoms with Crippen LogP contribution in [0.4, 0.5) is 0 Å². The molecule has 1 aliphatic rings. The van der Waals surface area contributed by atoms with Crippen molar-refractivity contribution >= 4 is 5.97 Å². The molecule has 4 nitrogen and oxygen atoms in total. The van der Waals surface area contributed by atoms with Crippen molar-refractivity contribution in [2.45, 2.75) is 45.2 Å². The van der Waals surface area contributed by atoms with Crippen molar-refractivity contribution in [2.75, 3.05) is 6.54 Å². The van der Waals surface area contributed by atoms with Gasteiger partial charge in [-0.2, -0.15) is 0 Å². The number of carbonyl (C=O) groups is 1. The standard InChI is InChI=1S/C15H22N2O2/c1-2-17(11-12-7-5-6-10-16-12)14-9-4-3-8-13(14)15(18)19/h5-7,10,13-14H,2-4,8-9,11H2,1H3,(H,18,19). The van der Waals surface area contributed by atoms with Crippen molar-refractivity contribution in [1.29, 1.82) is 0 Å². The molecule has 0 amide bonds. The summed E-state index contributed by atoms with van der Waals surface area (Å²) in [5, 5.41) is 9.38. The molecule has 1 aromatic rings. The third-order valence-electron chi connectivity index (χ3n) is 4.01. The van der Waals surface area contributed by atoms with Gasteiger partial charge in [0.2, 0.25) is 0 Å². The minimum Gasteiger partial charge on any atom is -0.481 e. The Morgan fingerprint density at radius 3 is 2.84 bits per heavy atom. The lowest BCUT2D eigenvalue weighted by Gasteiger charge is -2.37. The Kier molecular flexibility index (Phi) is 4.91. The van der Waals surface area contributed by atoms with E-state index >= 15 is 0 Å². The van der Waals surface area contributed by atoms with Gasteiger partial charge in [0.25, 0.3) is 0 Å². The highest BCUT2D eigenvalue weighted by Gasteiger charge is 2.34. The highest BCUT2D eigenvalue weighted by atomic mass is 16.4. The monoisotopic (exact) mass is 262 g/mol. The quantitative estimate of drug-likeness (QED) is 0.886. The number of aliphatic carboxylic acids is 1. The summed E-state index contributed by atoms with van der Waals surface area (Å²) in [6.07, 6.45) is 5.75. The van der Waals surface area contributed by atoms with E-state index in [9.17, 15) is 9.90 Å². The fraction of sp³-hybridized carbons (Fsp3) is 0.600. The normalized spacial score (nSPS) is 23.5. The zero-order valence-electron chi connectivity index (χ0n) is 11.5. The first-order valence-corrected chi connectivity index (χ1v) is 7.09. The second-order valence-electron chi connectivity index (χ2n) is 5.18. The fourth-order valence-electron chi connectivity index (χ4n) is 3.00. The summed E-state index contributed by atoms with van der Waals surface area (Å²) < 4.78 is 0. The lowest BCUT2D eigenvalue weighted by molar-refractivity contribution is -0.145. The van der Waals surface area contributed by atoms with E-state index in [1.807, 2.05) is 18.2 Å². The van der Waals surface area contributed by atoms with Crippen LogP contribution in [-0.4, -0.2) is 33.5 Å². The smallest absolute Gasteiger partial charge is 0.308 e. The molecule has 0 aliphatic heterocycles. The Morgan fingerprint density at radius 2 is 2.21 bits per heavy atom. The summed E-state index contributed by atoms with van der Waals surface area (Å²) in [6, 6.07) is 6.03. The van der Waals surface area contributed by atoms with Gasteiger partial charge in [0, 0.05) is 18.8 Å². The van der Waals surface area contributed by atoms with Crippen LogP contribution in [0.3, 0.4) is 0 Å². The minimum atomic E-state index is -0.649. The molecule has 1 N–H and O–H groups in total. The van der Waals surface area contributed by atoms with E-state index in [1.165, 1.54) is 0 Å². The molecular weight excluding hydrogens is 240 g/mol. The van der Waals surface area contributed by atoms with Crippen LogP contribution in [0.5, 0.6) is 0 Å². The summed E-state index contributed by atoms with van der Waals surface area (Å²) >= 11 is 0. The topological polar surface area (TPSA) is 53.4 Å². The molecule has 1 fully saturated rings. The molecule has 1 heterocycles. The lowest BCUT2D eigenvalue weighted by atomic mass is 9.83. The zero-order valence-corrected chi connectivity index (χ0v) is 11.5. The van der Waals surface area contributed by atoms with E-state index in [1.54, 1.807) is 6.20 Å². The van der Waals surface area contributed by atoms with Crippen molar-refractivity contribution in [1.82, 2.24) is 9.88 Å². The summed E-state index contributed by atoms with van der Waals surface area (Å²) in [4.78, 5) is 18.0. The Hall–Kier alpha value is -1.42. The molecule has 2 atom stereocenters. The van der Waals surface area contributed by atoms with Crippen LogP contribution in [0.2, 0.25) is 0 Å². The maximum absolute atomic E-state index is 11.4. The number of rotatable bonds is 5. The molecule has 1 aromatic heterocycles. The van der Waals surface area contributed by atoms with Crippen LogP contribution in [0, 0.1) is 5.92 Å². The average Bonchev–Trinajstić information content (AvgIpc) is 2.46. The van der Waals surface area contributed by atoms with Gasteiger partial charge < -0.3 is 5.11 Å². The van der Waals surface area contributed by atoms with Gasteiger partial charge in [-0.25, -0.2) is 0 Å². The van der Waals surface area contributed by atoms with Gasteiger partial charge in [-0.1, -0.05) is 25.8 Å². The van der Waals surface area contributed by atoms with Crippen molar-refractivity contribution in [3.8, 4) is 0 Å². The van der Waals surface area contributed by atoms with E-state index < -0.39 is 5.97 Å². The SMILES string of the molecule is CCN(Cc1ccccn1)C1CCCCC1C(=O)O. The largest absolute Gasteiger partial charge is 0.481 e. The lowest BCUT2D eigenvalue weighted by Crippen LogP contribution is -2.45. The van der Waals surface area contributed by atoms with Gasteiger partial charge in [-0.3, -0.25) is 14.7 Å². The molecule has 2 rings (SSSR count). The molecule has 0 aromatic carbocycles. The molecule has 0 bridgehead atoms. The molecule has 1 aliphatic carbocycles. The Bertz CT molecular complexity index is 408. The van der Waals surface area contributed by atoms with Crippen LogP contribution >= 0.6 is 0 Å². The average molecular weight is 262 g/mol. The van der Waals surface area contributed by atoms with Gasteiger partial charge in [0.05, 0.1) is 11.6 Å². The maximum atomic E-state index is 11.4. The third-order valence-corrected chi connectivity index (χ3v) is 4.01. The number of pyridine rings is 1. The first-order chi connectivity index (χ1) is 9.22. The summed E-state index contributed by atoms with van der Waals surface area (Å²) in [5.41, 5.74) is 1.01. The number of hydrogen-bond donors (Lipinski definition) is 1. The molecule has 4 heteroatoms. The zero-order chi connectivity index (χ0) is 13.7. The van der Waals surface area contributed by atoms with Crippen molar-refractivity contribution in [2.24, 2.45) is 5.92 Å². The van der Waals surface area contributed by atoms with Gasteiger partial charge in [0.1, 0.15) is 0 Å². The first kappa shape index (κ1) is 14.0. The van der Waals surface area contributed by atoms with E-state index in [4.69, 9.17) is 0 Å². The van der Waals surface area contributed by atoms with Gasteiger partial charge >= 0.3 is 5.97 Å².